The van der Waals surface area contributed by atoms with E-state index in [-0.39, 0.29) is 16.7 Å². The van der Waals surface area contributed by atoms with Crippen LogP contribution in [0.25, 0.3) is 55.6 Å². The van der Waals surface area contributed by atoms with Crippen molar-refractivity contribution in [3.63, 3.8) is 0 Å². The molecule has 0 spiro atoms. The minimum Gasteiger partial charge on any atom is -0.314 e. The number of nitrogens with zero attached hydrogens (tertiary/aromatic N) is 2. The van der Waals surface area contributed by atoms with Crippen LogP contribution in [0.5, 0.6) is 0 Å². The maximum absolute atomic E-state index is 2.49. The van der Waals surface area contributed by atoms with Gasteiger partial charge in [-0.1, -0.05) is 244 Å². The normalized spacial score (nSPS) is 15.1. The molecule has 0 aromatic heterocycles. The molecule has 1 unspecified atom stereocenters. The molecule has 2 heteroatoms. The quantitative estimate of drug-likeness (QED) is 0.127. The Labute approximate surface area is 465 Å². The third kappa shape index (κ3) is 8.17. The molecule has 14 rings (SSSR count). The Kier molecular flexibility index (Phi) is 11.8. The van der Waals surface area contributed by atoms with Crippen molar-refractivity contribution in [3.05, 3.63) is 330 Å². The number of hydrogen-bond donors (Lipinski definition) is 0. The van der Waals surface area contributed by atoms with Gasteiger partial charge in [-0.15, -0.1) is 0 Å². The number of benzene rings is 11. The van der Waals surface area contributed by atoms with E-state index < -0.39 is 0 Å². The maximum atomic E-state index is 2.49. The SMILES string of the molecule is CC1(C)c2ccccc2-c2ccc(N(c3ccc(-c4ccc(N(C5=CC=CC(c6ccccc6)C5)c5ccc(-c6ccccc6)cc5)cc4)cc3)c3ccccc3-c3ccccc3C3(C)c4ccccc4-c4ccccc43)cc21. The first-order valence-corrected chi connectivity index (χ1v) is 27.8. The second-order valence-electron chi connectivity index (χ2n) is 22.1. The van der Waals surface area contributed by atoms with Gasteiger partial charge in [0.2, 0.25) is 0 Å². The van der Waals surface area contributed by atoms with E-state index in [2.05, 4.69) is 322 Å². The summed E-state index contributed by atoms with van der Waals surface area (Å²) in [7, 11) is 0. The van der Waals surface area contributed by atoms with E-state index in [0.717, 1.165) is 46.0 Å². The van der Waals surface area contributed by atoms with Crippen LogP contribution in [-0.2, 0) is 10.8 Å². The highest BCUT2D eigenvalue weighted by Gasteiger charge is 2.42. The van der Waals surface area contributed by atoms with Crippen molar-refractivity contribution in [3.8, 4) is 55.6 Å². The van der Waals surface area contributed by atoms with E-state index in [4.69, 9.17) is 0 Å². The summed E-state index contributed by atoms with van der Waals surface area (Å²) in [6.45, 7) is 7.17. The van der Waals surface area contributed by atoms with Gasteiger partial charge >= 0.3 is 0 Å². The predicted molar refractivity (Wildman–Crippen MR) is 332 cm³/mol. The summed E-state index contributed by atoms with van der Waals surface area (Å²) < 4.78 is 0. The Morgan fingerprint density at radius 3 is 1.27 bits per heavy atom. The van der Waals surface area contributed by atoms with Gasteiger partial charge in [0.1, 0.15) is 0 Å². The first-order chi connectivity index (χ1) is 38.8. The van der Waals surface area contributed by atoms with Crippen LogP contribution in [0.3, 0.4) is 0 Å². The molecule has 0 heterocycles. The fourth-order valence-corrected chi connectivity index (χ4v) is 13.3. The molecule has 0 aliphatic heterocycles. The fraction of sp³-hybridized carbons (Fsp3) is 0.0909. The van der Waals surface area contributed by atoms with Crippen LogP contribution in [0.1, 0.15) is 66.5 Å². The number of rotatable bonds is 11. The highest BCUT2D eigenvalue weighted by atomic mass is 15.2. The maximum Gasteiger partial charge on any atom is 0.0540 e. The average molecular weight is 1010 g/mol. The molecular formula is C77H60N2. The fourth-order valence-electron chi connectivity index (χ4n) is 13.3. The van der Waals surface area contributed by atoms with Crippen molar-refractivity contribution in [2.24, 2.45) is 0 Å². The highest BCUT2D eigenvalue weighted by molar-refractivity contribution is 5.94. The van der Waals surface area contributed by atoms with E-state index in [1.165, 1.54) is 83.6 Å². The predicted octanol–water partition coefficient (Wildman–Crippen LogP) is 20.6. The molecule has 11 aromatic rings. The molecule has 0 N–H and O–H groups in total. The van der Waals surface area contributed by atoms with Crippen LogP contribution in [0, 0.1) is 0 Å². The van der Waals surface area contributed by atoms with Gasteiger partial charge in [0.15, 0.2) is 0 Å². The molecule has 2 nitrogen and oxygen atoms in total. The Bertz CT molecular complexity index is 4080. The third-order valence-corrected chi connectivity index (χ3v) is 17.3. The zero-order valence-electron chi connectivity index (χ0n) is 44.9. The Morgan fingerprint density at radius 2 is 0.722 bits per heavy atom. The number of fused-ring (bicyclic) bond motifs is 6. The number of para-hydroxylation sites is 1. The minimum atomic E-state index is -0.374. The van der Waals surface area contributed by atoms with Gasteiger partial charge in [-0.25, -0.2) is 0 Å². The van der Waals surface area contributed by atoms with E-state index >= 15 is 0 Å². The summed E-state index contributed by atoms with van der Waals surface area (Å²) in [4.78, 5) is 4.93. The van der Waals surface area contributed by atoms with Crippen molar-refractivity contribution in [1.82, 2.24) is 0 Å². The van der Waals surface area contributed by atoms with Crippen molar-refractivity contribution in [1.29, 1.82) is 0 Å². The van der Waals surface area contributed by atoms with Crippen LogP contribution in [0.4, 0.5) is 28.4 Å². The van der Waals surface area contributed by atoms with Crippen LogP contribution >= 0.6 is 0 Å². The molecule has 1 atom stereocenters. The monoisotopic (exact) mass is 1010 g/mol. The summed E-state index contributed by atoms with van der Waals surface area (Å²) in [6.07, 6.45) is 7.74. The van der Waals surface area contributed by atoms with Gasteiger partial charge < -0.3 is 9.80 Å². The Hall–Kier alpha value is -9.50. The number of anilines is 5. The van der Waals surface area contributed by atoms with Gasteiger partial charge in [-0.2, -0.15) is 0 Å². The topological polar surface area (TPSA) is 6.48 Å². The van der Waals surface area contributed by atoms with Crippen molar-refractivity contribution in [2.45, 2.75) is 43.9 Å². The molecular weight excluding hydrogens is 953 g/mol. The third-order valence-electron chi connectivity index (χ3n) is 17.3. The second-order valence-corrected chi connectivity index (χ2v) is 22.1. The molecule has 0 saturated heterocycles. The zero-order valence-corrected chi connectivity index (χ0v) is 44.9. The lowest BCUT2D eigenvalue weighted by atomic mass is 9.71. The van der Waals surface area contributed by atoms with E-state index in [1.807, 2.05) is 0 Å². The summed E-state index contributed by atoms with van der Waals surface area (Å²) in [5.74, 6) is 0.288. The molecule has 11 aromatic carbocycles. The summed E-state index contributed by atoms with van der Waals surface area (Å²) >= 11 is 0. The molecule has 0 amide bonds. The van der Waals surface area contributed by atoms with Gasteiger partial charge in [-0.3, -0.25) is 0 Å². The molecule has 3 aliphatic rings. The first-order valence-electron chi connectivity index (χ1n) is 27.8. The van der Waals surface area contributed by atoms with E-state index in [1.54, 1.807) is 0 Å². The molecule has 0 saturated carbocycles. The van der Waals surface area contributed by atoms with Gasteiger partial charge in [0.25, 0.3) is 0 Å². The van der Waals surface area contributed by atoms with Crippen LogP contribution in [-0.4, -0.2) is 0 Å². The van der Waals surface area contributed by atoms with Crippen LogP contribution in [0.15, 0.2) is 297 Å². The Morgan fingerprint density at radius 1 is 0.329 bits per heavy atom. The molecule has 79 heavy (non-hydrogen) atoms. The summed E-state index contributed by atoms with van der Waals surface area (Å²) in [5.41, 5.74) is 26.7. The number of allylic oxidation sites excluding steroid dienone is 4. The molecule has 378 valence electrons. The smallest absolute Gasteiger partial charge is 0.0540 e. The molecule has 0 fully saturated rings. The lowest BCUT2D eigenvalue weighted by Gasteiger charge is -2.33. The standard InChI is InChI=1S/C77H60N2/c1-76(2)70-32-15-10-27-64(70)68-50-49-63(52-74(68)76)79(75-36-19-14-31-69(75)67-30-13-18-35-73(67)77(3)71-33-16-11-28-65(71)66-29-12-17-34-72(66)77)61-47-41-57(42-48-61)56-39-45-60(46-40-56)78(59-43-37-55(38-44-59)53-21-6-4-7-22-53)62-26-20-25-58(51-62)54-23-8-5-9-24-54/h4-50,52,58H,51H2,1-3H3. The van der Waals surface area contributed by atoms with Gasteiger partial charge in [0.05, 0.1) is 5.69 Å². The van der Waals surface area contributed by atoms with Crippen LogP contribution in [0.2, 0.25) is 0 Å². The van der Waals surface area contributed by atoms with E-state index in [0.29, 0.717) is 0 Å². The van der Waals surface area contributed by atoms with Gasteiger partial charge in [0, 0.05) is 50.8 Å². The van der Waals surface area contributed by atoms with Crippen molar-refractivity contribution < 1.29 is 0 Å². The van der Waals surface area contributed by atoms with Crippen molar-refractivity contribution in [2.75, 3.05) is 9.80 Å². The van der Waals surface area contributed by atoms with Gasteiger partial charge in [-0.05, 0) is 157 Å². The van der Waals surface area contributed by atoms with E-state index in [9.17, 15) is 0 Å². The lowest BCUT2D eigenvalue weighted by molar-refractivity contribution is 0.660. The lowest BCUT2D eigenvalue weighted by Crippen LogP contribution is -2.23. The molecule has 0 bridgehead atoms. The average Bonchev–Trinajstić information content (AvgIpc) is 4.17. The molecule has 3 aliphatic carbocycles. The van der Waals surface area contributed by atoms with Crippen LogP contribution < -0.4 is 9.80 Å². The highest BCUT2D eigenvalue weighted by Crippen LogP contribution is 2.56. The second kappa shape index (κ2) is 19.5. The van der Waals surface area contributed by atoms with Crippen molar-refractivity contribution >= 4 is 28.4 Å². The largest absolute Gasteiger partial charge is 0.314 e. The first kappa shape index (κ1) is 47.9. The summed E-state index contributed by atoms with van der Waals surface area (Å²) in [5, 5.41) is 0. The Balaban J connectivity index is 0.856. The summed E-state index contributed by atoms with van der Waals surface area (Å²) in [6, 6.07) is 101. The molecule has 0 radical (unpaired) electrons. The zero-order chi connectivity index (χ0) is 53.1. The number of hydrogen-bond acceptors (Lipinski definition) is 2. The minimum absolute atomic E-state index is 0.164.